The Labute approximate surface area is 192 Å². The number of benzene rings is 3. The fourth-order valence-corrected chi connectivity index (χ4v) is 5.16. The zero-order valence-corrected chi connectivity index (χ0v) is 18.9. The number of methoxy groups -OCH3 is 1. The third-order valence-electron chi connectivity index (χ3n) is 5.51. The van der Waals surface area contributed by atoms with E-state index in [0.717, 1.165) is 17.8 Å². The molecule has 0 aliphatic carbocycles. The normalized spacial score (nSPS) is 14.7. The van der Waals surface area contributed by atoms with Gasteiger partial charge in [-0.15, -0.1) is 0 Å². The zero-order chi connectivity index (χ0) is 23.4. The quantitative estimate of drug-likeness (QED) is 0.597. The number of piperazine rings is 1. The SMILES string of the molecule is COc1cccc(NC(=O)c2cc(S(=O)(=O)N3CCN(c4ccccc4)CC3)ccc2F)c1. The van der Waals surface area contributed by atoms with Gasteiger partial charge in [-0.3, -0.25) is 4.79 Å². The Kier molecular flexibility index (Phi) is 6.62. The summed E-state index contributed by atoms with van der Waals surface area (Å²) in [5.74, 6) is -1.02. The molecule has 0 spiro atoms. The first-order valence-corrected chi connectivity index (χ1v) is 11.9. The highest BCUT2D eigenvalue weighted by Crippen LogP contribution is 2.24. The molecule has 1 fully saturated rings. The average Bonchev–Trinajstić information content (AvgIpc) is 2.85. The monoisotopic (exact) mass is 469 g/mol. The second-order valence-electron chi connectivity index (χ2n) is 7.55. The number of carbonyl (C=O) groups excluding carboxylic acids is 1. The Morgan fingerprint density at radius 1 is 0.939 bits per heavy atom. The number of nitrogens with one attached hydrogen (secondary N) is 1. The van der Waals surface area contributed by atoms with Crippen LogP contribution in [0, 0.1) is 5.82 Å². The Morgan fingerprint density at radius 2 is 1.67 bits per heavy atom. The van der Waals surface area contributed by atoms with Crippen LogP contribution in [0.15, 0.2) is 77.7 Å². The van der Waals surface area contributed by atoms with Gasteiger partial charge in [0.05, 0.1) is 17.6 Å². The van der Waals surface area contributed by atoms with E-state index in [-0.39, 0.29) is 10.5 Å². The zero-order valence-electron chi connectivity index (χ0n) is 18.1. The topological polar surface area (TPSA) is 78.9 Å². The molecule has 1 amide bonds. The van der Waals surface area contributed by atoms with E-state index in [1.54, 1.807) is 24.3 Å². The van der Waals surface area contributed by atoms with Crippen molar-refractivity contribution >= 4 is 27.3 Å². The molecule has 3 aromatic carbocycles. The number of ether oxygens (including phenoxy) is 1. The van der Waals surface area contributed by atoms with Gasteiger partial charge >= 0.3 is 0 Å². The molecule has 1 N–H and O–H groups in total. The molecular weight excluding hydrogens is 445 g/mol. The Balaban J connectivity index is 1.51. The molecule has 7 nitrogen and oxygen atoms in total. The smallest absolute Gasteiger partial charge is 0.258 e. The minimum Gasteiger partial charge on any atom is -0.497 e. The minimum absolute atomic E-state index is 0.118. The Morgan fingerprint density at radius 3 is 2.36 bits per heavy atom. The summed E-state index contributed by atoms with van der Waals surface area (Å²) in [5, 5.41) is 2.58. The summed E-state index contributed by atoms with van der Waals surface area (Å²) < 4.78 is 47.3. The molecule has 3 aromatic rings. The number of anilines is 2. The second-order valence-corrected chi connectivity index (χ2v) is 9.49. The molecule has 4 rings (SSSR count). The molecule has 1 heterocycles. The fourth-order valence-electron chi connectivity index (χ4n) is 3.71. The van der Waals surface area contributed by atoms with Crippen LogP contribution >= 0.6 is 0 Å². The van der Waals surface area contributed by atoms with Gasteiger partial charge in [0.15, 0.2) is 0 Å². The highest BCUT2D eigenvalue weighted by molar-refractivity contribution is 7.89. The van der Waals surface area contributed by atoms with Crippen LogP contribution in [0.3, 0.4) is 0 Å². The number of sulfonamides is 1. The van der Waals surface area contributed by atoms with E-state index >= 15 is 0 Å². The Hall–Kier alpha value is -3.43. The molecule has 33 heavy (non-hydrogen) atoms. The molecule has 0 aromatic heterocycles. The lowest BCUT2D eigenvalue weighted by atomic mass is 10.2. The van der Waals surface area contributed by atoms with Gasteiger partial charge in [0.1, 0.15) is 11.6 Å². The lowest BCUT2D eigenvalue weighted by Crippen LogP contribution is -2.48. The van der Waals surface area contributed by atoms with E-state index < -0.39 is 21.7 Å². The largest absolute Gasteiger partial charge is 0.497 e. The summed E-state index contributed by atoms with van der Waals surface area (Å²) >= 11 is 0. The van der Waals surface area contributed by atoms with Crippen molar-refractivity contribution in [1.82, 2.24) is 4.31 Å². The maximum absolute atomic E-state index is 14.4. The molecule has 0 bridgehead atoms. The van der Waals surface area contributed by atoms with Crippen LogP contribution in [0.4, 0.5) is 15.8 Å². The van der Waals surface area contributed by atoms with Gasteiger partial charge in [0.2, 0.25) is 10.0 Å². The maximum Gasteiger partial charge on any atom is 0.258 e. The Bertz CT molecular complexity index is 1240. The lowest BCUT2D eigenvalue weighted by Gasteiger charge is -2.35. The minimum atomic E-state index is -3.88. The van der Waals surface area contributed by atoms with Crippen LogP contribution in [0.5, 0.6) is 5.75 Å². The van der Waals surface area contributed by atoms with E-state index in [0.29, 0.717) is 37.6 Å². The number of amides is 1. The third kappa shape index (κ3) is 4.99. The van der Waals surface area contributed by atoms with Crippen molar-refractivity contribution in [2.24, 2.45) is 0 Å². The van der Waals surface area contributed by atoms with Crippen molar-refractivity contribution in [3.05, 3.63) is 84.2 Å². The average molecular weight is 470 g/mol. The summed E-state index contributed by atoms with van der Waals surface area (Å²) in [6.07, 6.45) is 0. The summed E-state index contributed by atoms with van der Waals surface area (Å²) in [4.78, 5) is 14.7. The third-order valence-corrected chi connectivity index (χ3v) is 7.40. The predicted octanol–water partition coefficient (Wildman–Crippen LogP) is 3.60. The van der Waals surface area contributed by atoms with Gasteiger partial charge in [-0.2, -0.15) is 4.31 Å². The van der Waals surface area contributed by atoms with Crippen molar-refractivity contribution in [1.29, 1.82) is 0 Å². The highest BCUT2D eigenvalue weighted by Gasteiger charge is 2.30. The van der Waals surface area contributed by atoms with E-state index in [2.05, 4.69) is 10.2 Å². The van der Waals surface area contributed by atoms with Gasteiger partial charge in [0, 0.05) is 43.6 Å². The molecule has 9 heteroatoms. The first-order chi connectivity index (χ1) is 15.9. The molecule has 0 unspecified atom stereocenters. The molecule has 0 radical (unpaired) electrons. The molecule has 172 valence electrons. The number of para-hydroxylation sites is 1. The standard InChI is InChI=1S/C24H24FN3O4S/c1-32-20-9-5-6-18(16-20)26-24(29)22-17-21(10-11-23(22)25)33(30,31)28-14-12-27(13-15-28)19-7-3-2-4-8-19/h2-11,16-17H,12-15H2,1H3,(H,26,29). The molecule has 0 saturated carbocycles. The van der Waals surface area contributed by atoms with E-state index in [9.17, 15) is 17.6 Å². The summed E-state index contributed by atoms with van der Waals surface area (Å²) in [6.45, 7) is 1.65. The number of hydrogen-bond donors (Lipinski definition) is 1. The van der Waals surface area contributed by atoms with Gasteiger partial charge in [-0.25, -0.2) is 12.8 Å². The van der Waals surface area contributed by atoms with Crippen LogP contribution in [0.25, 0.3) is 0 Å². The summed E-state index contributed by atoms with van der Waals surface area (Å²) in [5.41, 5.74) is 1.10. The summed E-state index contributed by atoms with van der Waals surface area (Å²) in [7, 11) is -2.39. The van der Waals surface area contributed by atoms with Crippen molar-refractivity contribution < 1.29 is 22.3 Å². The van der Waals surface area contributed by atoms with Crippen LogP contribution in [0.2, 0.25) is 0 Å². The van der Waals surface area contributed by atoms with Crippen molar-refractivity contribution in [3.63, 3.8) is 0 Å². The molecule has 1 aliphatic heterocycles. The predicted molar refractivity (Wildman–Crippen MR) is 125 cm³/mol. The van der Waals surface area contributed by atoms with Crippen molar-refractivity contribution in [3.8, 4) is 5.75 Å². The number of carbonyl (C=O) groups is 1. The maximum atomic E-state index is 14.4. The first kappa shape index (κ1) is 22.8. The fraction of sp³-hybridized carbons (Fsp3) is 0.208. The van der Waals surface area contributed by atoms with Crippen LogP contribution in [0.1, 0.15) is 10.4 Å². The molecule has 1 saturated heterocycles. The lowest BCUT2D eigenvalue weighted by molar-refractivity contribution is 0.102. The summed E-state index contributed by atoms with van der Waals surface area (Å²) in [6, 6.07) is 19.7. The van der Waals surface area contributed by atoms with Gasteiger partial charge in [-0.05, 0) is 42.5 Å². The van der Waals surface area contributed by atoms with Crippen molar-refractivity contribution in [2.75, 3.05) is 43.5 Å². The molecule has 1 aliphatic rings. The number of rotatable bonds is 6. The molecular formula is C24H24FN3O4S. The van der Waals surface area contributed by atoms with Crippen LogP contribution < -0.4 is 15.0 Å². The number of nitrogens with zero attached hydrogens (tertiary/aromatic N) is 2. The number of hydrogen-bond acceptors (Lipinski definition) is 5. The van der Waals surface area contributed by atoms with Crippen LogP contribution in [-0.4, -0.2) is 51.9 Å². The molecule has 0 atom stereocenters. The van der Waals surface area contributed by atoms with Gasteiger partial charge in [0.25, 0.3) is 5.91 Å². The van der Waals surface area contributed by atoms with Crippen molar-refractivity contribution in [2.45, 2.75) is 4.90 Å². The first-order valence-electron chi connectivity index (χ1n) is 10.4. The van der Waals surface area contributed by atoms with E-state index in [1.807, 2.05) is 30.3 Å². The van der Waals surface area contributed by atoms with E-state index in [4.69, 9.17) is 4.74 Å². The van der Waals surface area contributed by atoms with E-state index in [1.165, 1.54) is 17.5 Å². The number of halogens is 1. The van der Waals surface area contributed by atoms with Gasteiger partial charge in [-0.1, -0.05) is 24.3 Å². The second kappa shape index (κ2) is 9.60. The highest BCUT2D eigenvalue weighted by atomic mass is 32.2. The van der Waals surface area contributed by atoms with Gasteiger partial charge < -0.3 is 15.0 Å². The van der Waals surface area contributed by atoms with Crippen LogP contribution in [-0.2, 0) is 10.0 Å².